The molecule has 1 aromatic carbocycles. The number of nitrogens with one attached hydrogen (secondary N) is 11. The van der Waals surface area contributed by atoms with Crippen molar-refractivity contribution in [2.24, 2.45) is 34.6 Å². The van der Waals surface area contributed by atoms with Gasteiger partial charge in [0.15, 0.2) is 0 Å². The molecule has 0 bridgehead atoms. The predicted octanol–water partition coefficient (Wildman–Crippen LogP) is -11.7. The lowest BCUT2D eigenvalue weighted by Gasteiger charge is -2.32. The van der Waals surface area contributed by atoms with E-state index in [1.165, 1.54) is 31.2 Å². The van der Waals surface area contributed by atoms with Crippen LogP contribution in [-0.2, 0) is 87.9 Å². The molecule has 2 aliphatic rings. The van der Waals surface area contributed by atoms with Crippen LogP contribution in [0, 0.1) is 5.92 Å². The van der Waals surface area contributed by atoms with Gasteiger partial charge in [-0.05, 0) is 96.3 Å². The fourth-order valence-electron chi connectivity index (χ4n) is 10.9. The number of likely N-dealkylation sites (tertiary alicyclic amines) is 2. The van der Waals surface area contributed by atoms with E-state index in [1.54, 1.807) is 13.8 Å². The van der Waals surface area contributed by atoms with Crippen LogP contribution in [0.5, 0.6) is 5.75 Å². The van der Waals surface area contributed by atoms with Crippen LogP contribution in [0.1, 0.15) is 111 Å². The summed E-state index contributed by atoms with van der Waals surface area (Å²) in [5.74, 6) is -18.6. The Morgan fingerprint density at radius 1 is 0.466 bits per heavy atom. The molecule has 1 aromatic rings. The lowest BCUT2D eigenvalue weighted by atomic mass is 10.0. The van der Waals surface area contributed by atoms with Crippen LogP contribution in [0.4, 0.5) is 0 Å². The number of aliphatic hydroxyl groups is 5. The number of carbonyl (C=O) groups is 17. The number of phenolic OH excluding ortho intramolecular Hbond substituents is 1. The minimum Gasteiger partial charge on any atom is -0.508 e. The Balaban J connectivity index is 1.78. The van der Waals surface area contributed by atoms with Gasteiger partial charge in [-0.15, -0.1) is 0 Å². The van der Waals surface area contributed by atoms with E-state index >= 15 is 0 Å². The lowest BCUT2D eigenvalue weighted by Crippen LogP contribution is -2.63. The summed E-state index contributed by atoms with van der Waals surface area (Å²) in [7, 11) is 0. The summed E-state index contributed by atoms with van der Waals surface area (Å²) in [6, 6.07) is -14.4. The number of benzene rings is 1. The zero-order valence-electron chi connectivity index (χ0n) is 57.8. The topological polar surface area (TPSA) is 680 Å². The number of hydrogen-bond acceptors (Lipinski definition) is 24. The second-order valence-corrected chi connectivity index (χ2v) is 25.5. The lowest BCUT2D eigenvalue weighted by molar-refractivity contribution is -0.143. The van der Waals surface area contributed by atoms with Gasteiger partial charge >= 0.3 is 0 Å². The number of hydrogen-bond donors (Lipinski definition) is 22. The number of aromatic hydroxyl groups is 1. The van der Waals surface area contributed by atoms with E-state index < -0.39 is 243 Å². The minimum atomic E-state index is -2.09. The molecule has 103 heavy (non-hydrogen) atoms. The molecule has 41 nitrogen and oxygen atoms in total. The van der Waals surface area contributed by atoms with Gasteiger partial charge < -0.3 is 128 Å². The highest BCUT2D eigenvalue weighted by atomic mass is 16.3. The van der Waals surface area contributed by atoms with Crippen molar-refractivity contribution < 1.29 is 112 Å². The monoisotopic (exact) mass is 1460 g/mol. The maximum Gasteiger partial charge on any atom is 0.248 e. The first-order chi connectivity index (χ1) is 48.2. The highest BCUT2D eigenvalue weighted by Crippen LogP contribution is 2.23. The molecule has 0 unspecified atom stereocenters. The summed E-state index contributed by atoms with van der Waals surface area (Å²) < 4.78 is 0. The van der Waals surface area contributed by atoms with Gasteiger partial charge in [0.1, 0.15) is 72.2 Å². The van der Waals surface area contributed by atoms with Crippen LogP contribution in [-0.4, -0.2) is 271 Å². The van der Waals surface area contributed by atoms with E-state index in [2.05, 4.69) is 58.5 Å². The number of amides is 17. The van der Waals surface area contributed by atoms with Gasteiger partial charge in [-0.2, -0.15) is 0 Å². The van der Waals surface area contributed by atoms with Gasteiger partial charge in [-0.1, -0.05) is 26.0 Å². The Kier molecular flexibility index (Phi) is 35.2. The van der Waals surface area contributed by atoms with E-state index in [9.17, 15) is 112 Å². The first kappa shape index (κ1) is 87.0. The van der Waals surface area contributed by atoms with E-state index in [0.717, 1.165) is 30.6 Å². The van der Waals surface area contributed by atoms with Crippen molar-refractivity contribution in [3.8, 4) is 5.75 Å². The molecule has 17 amide bonds. The molecule has 16 atom stereocenters. The Hall–Kier alpha value is -10.2. The molecule has 41 heteroatoms. The fourth-order valence-corrected chi connectivity index (χ4v) is 10.9. The summed E-state index contributed by atoms with van der Waals surface area (Å²) in [6.07, 6.45) is -9.25. The van der Waals surface area contributed by atoms with Gasteiger partial charge in [-0.25, -0.2) is 0 Å². The zero-order chi connectivity index (χ0) is 77.9. The molecule has 2 saturated heterocycles. The van der Waals surface area contributed by atoms with Crippen molar-refractivity contribution in [1.29, 1.82) is 0 Å². The first-order valence-electron chi connectivity index (χ1n) is 33.1. The van der Waals surface area contributed by atoms with Gasteiger partial charge in [0.05, 0.1) is 56.6 Å². The van der Waals surface area contributed by atoms with E-state index in [4.69, 9.17) is 28.7 Å². The molecule has 27 N–H and O–H groups in total. The summed E-state index contributed by atoms with van der Waals surface area (Å²) >= 11 is 0. The van der Waals surface area contributed by atoms with Crippen molar-refractivity contribution in [2.45, 2.75) is 209 Å². The Bertz CT molecular complexity index is 3230. The van der Waals surface area contributed by atoms with Crippen molar-refractivity contribution in [3.05, 3.63) is 29.8 Å². The van der Waals surface area contributed by atoms with Crippen LogP contribution in [0.15, 0.2) is 24.3 Å². The van der Waals surface area contributed by atoms with Crippen LogP contribution in [0.2, 0.25) is 0 Å². The quantitative estimate of drug-likeness (QED) is 0.0289. The molecule has 0 aromatic heterocycles. The maximum absolute atomic E-state index is 14.8. The number of nitrogens with zero attached hydrogens (tertiary/aromatic N) is 2. The molecule has 574 valence electrons. The summed E-state index contributed by atoms with van der Waals surface area (Å²) in [6.45, 7) is 4.91. The maximum atomic E-state index is 14.8. The van der Waals surface area contributed by atoms with Gasteiger partial charge in [0.25, 0.3) is 0 Å². The Morgan fingerprint density at radius 3 is 1.35 bits per heavy atom. The largest absolute Gasteiger partial charge is 0.508 e. The fraction of sp³-hybridized carbons (Fsp3) is 0.629. The zero-order valence-corrected chi connectivity index (χ0v) is 57.8. The Morgan fingerprint density at radius 2 is 0.893 bits per heavy atom. The SMILES string of the molecule is CC(C)C[C@H](N)C(=O)N[C@@H](CCC(N)=O)C(=O)N[C@H](C(=O)N[C@@H](Cc1ccc(O)cc1)C(=O)N1CCC[C@H]1C(=O)N[C@@H](CCC(N)=O)C(=O)N[C@H](C(=O)N[C@@H](CC(N)=O)C(=O)N[C@H](C(=O)NCC(=O)N[C@@H](CO)C(=O)NCC(=O)N[C@H](C(=O)N1CCC[C@H]1C(N)=O)[C@@H](C)O)[C@@H](C)O)[C@@H](C)O)[C@@H](C)O. The van der Waals surface area contributed by atoms with E-state index in [-0.39, 0.29) is 63.3 Å². The van der Waals surface area contributed by atoms with Gasteiger partial charge in [-0.3, -0.25) is 81.5 Å². The standard InChI is InChI=1S/C62H98N18O23/c1-27(2)21-34(63)52(93)71-35(15-17-42(64)87)54(95)78-49(30(5)84)60(101)74-38(22-32-11-13-33(86)14-12-32)61(102)80-20-8-10-41(80)57(98)72-36(16-18-43(65)88)55(96)77-48(29(4)83)59(100)73-37(23-44(66)89)56(97)76-47(28(3)82)58(99)69-24-45(90)70-39(26-81)53(94)68-25-46(91)75-50(31(6)85)62(103)79-19-7-9-40(79)51(67)92/h11-14,27-31,34-41,47-50,81-86H,7-10,15-26,63H2,1-6H3,(H2,64,87)(H2,65,88)(H2,66,89)(H2,67,92)(H,68,94)(H,69,99)(H,70,90)(H,71,93)(H,72,98)(H,73,100)(H,74,101)(H,75,91)(H,76,97)(H,77,96)(H,78,95)/t28-,29-,30-,31-,34+,35+,36+,37+,38+,39+,40+,41+,47+,48+,49+,50+/m1/s1. The van der Waals surface area contributed by atoms with Gasteiger partial charge in [0.2, 0.25) is 100 Å². The van der Waals surface area contributed by atoms with E-state index in [1.807, 2.05) is 0 Å². The molecule has 0 spiro atoms. The molecule has 2 heterocycles. The van der Waals surface area contributed by atoms with Crippen LogP contribution >= 0.6 is 0 Å². The molecular formula is C62H98N18O23. The molecule has 0 aliphatic carbocycles. The van der Waals surface area contributed by atoms with Crippen molar-refractivity contribution in [2.75, 3.05) is 32.8 Å². The number of primary amides is 4. The predicted molar refractivity (Wildman–Crippen MR) is 356 cm³/mol. The third-order valence-corrected chi connectivity index (χ3v) is 16.4. The highest BCUT2D eigenvalue weighted by molar-refractivity contribution is 6.01. The molecule has 0 saturated carbocycles. The number of phenols is 1. The second kappa shape index (κ2) is 41.6. The third-order valence-electron chi connectivity index (χ3n) is 16.4. The van der Waals surface area contributed by atoms with E-state index in [0.29, 0.717) is 12.0 Å². The number of rotatable bonds is 42. The summed E-state index contributed by atoms with van der Waals surface area (Å²) in [5.41, 5.74) is 27.9. The van der Waals surface area contributed by atoms with Crippen LogP contribution in [0.3, 0.4) is 0 Å². The number of carbonyl (C=O) groups excluding carboxylic acids is 17. The molecule has 3 rings (SSSR count). The highest BCUT2D eigenvalue weighted by Gasteiger charge is 2.43. The average molecular weight is 1460 g/mol. The number of nitrogens with two attached hydrogens (primary N) is 5. The second-order valence-electron chi connectivity index (χ2n) is 25.5. The third kappa shape index (κ3) is 28.3. The summed E-state index contributed by atoms with van der Waals surface area (Å²) in [5, 5.41) is 87.0. The van der Waals surface area contributed by atoms with Crippen molar-refractivity contribution in [3.63, 3.8) is 0 Å². The van der Waals surface area contributed by atoms with Gasteiger partial charge in [0, 0.05) is 32.4 Å². The normalized spacial score (nSPS) is 18.2. The smallest absolute Gasteiger partial charge is 0.248 e. The Labute approximate surface area is 591 Å². The van der Waals surface area contributed by atoms with Crippen molar-refractivity contribution >= 4 is 100 Å². The van der Waals surface area contributed by atoms with Crippen LogP contribution < -0.4 is 87.2 Å². The molecule has 0 radical (unpaired) electrons. The molecule has 2 fully saturated rings. The minimum absolute atomic E-state index is 0.0364. The summed E-state index contributed by atoms with van der Waals surface area (Å²) in [4.78, 5) is 227. The van der Waals surface area contributed by atoms with Crippen LogP contribution in [0.25, 0.3) is 0 Å². The molecular weight excluding hydrogens is 1360 g/mol. The average Bonchev–Trinajstić information content (AvgIpc) is 1.76. The first-order valence-corrected chi connectivity index (χ1v) is 33.1. The number of aliphatic hydroxyl groups excluding tert-OH is 5. The molecule has 2 aliphatic heterocycles. The van der Waals surface area contributed by atoms with Crippen molar-refractivity contribution in [1.82, 2.24) is 68.3 Å².